The lowest BCUT2D eigenvalue weighted by Gasteiger charge is -2.34. The van der Waals surface area contributed by atoms with Crippen LogP contribution in [0, 0.1) is 0 Å². The molecule has 1 aromatic heterocycles. The summed E-state index contributed by atoms with van der Waals surface area (Å²) < 4.78 is 0. The summed E-state index contributed by atoms with van der Waals surface area (Å²) in [6.45, 7) is 5.06. The quantitative estimate of drug-likeness (QED) is 0.911. The van der Waals surface area contributed by atoms with Crippen LogP contribution in [-0.4, -0.2) is 23.4 Å². The minimum absolute atomic E-state index is 0.0126. The fourth-order valence-electron chi connectivity index (χ4n) is 2.66. The molecule has 0 spiro atoms. The Morgan fingerprint density at radius 3 is 3.17 bits per heavy atom. The highest BCUT2D eigenvalue weighted by Gasteiger charge is 2.28. The lowest BCUT2D eigenvalue weighted by Crippen LogP contribution is -2.40. The molecule has 2 heterocycles. The Balaban J connectivity index is 2.00. The fraction of sp³-hybridized carbons (Fsp3) is 0.643. The van der Waals surface area contributed by atoms with Crippen molar-refractivity contribution in [1.82, 2.24) is 4.90 Å². The van der Waals surface area contributed by atoms with E-state index >= 15 is 0 Å². The number of carbonyl (C=O) groups excluding carboxylic acids is 1. The van der Waals surface area contributed by atoms with Gasteiger partial charge in [-0.1, -0.05) is 13.3 Å². The molecule has 100 valence electrons. The molecule has 2 rings (SSSR count). The minimum atomic E-state index is 0.0126. The molecule has 1 amide bonds. The number of hydrogen-bond donors (Lipinski definition) is 1. The van der Waals surface area contributed by atoms with Crippen LogP contribution in [-0.2, 0) is 11.2 Å². The van der Waals surface area contributed by atoms with Crippen LogP contribution in [0.25, 0.3) is 0 Å². The van der Waals surface area contributed by atoms with E-state index in [0.29, 0.717) is 6.42 Å². The first-order valence-corrected chi connectivity index (χ1v) is 7.62. The molecule has 2 unspecified atom stereocenters. The highest BCUT2D eigenvalue weighted by molar-refractivity contribution is 7.10. The third kappa shape index (κ3) is 2.75. The Labute approximate surface area is 113 Å². The van der Waals surface area contributed by atoms with E-state index in [1.807, 2.05) is 4.90 Å². The van der Waals surface area contributed by atoms with Crippen molar-refractivity contribution in [3.05, 3.63) is 21.9 Å². The van der Waals surface area contributed by atoms with Gasteiger partial charge in [-0.05, 0) is 36.8 Å². The van der Waals surface area contributed by atoms with Gasteiger partial charge >= 0.3 is 0 Å². The zero-order valence-electron chi connectivity index (χ0n) is 11.2. The molecule has 2 N–H and O–H groups in total. The van der Waals surface area contributed by atoms with Gasteiger partial charge < -0.3 is 10.6 Å². The van der Waals surface area contributed by atoms with Gasteiger partial charge in [0.25, 0.3) is 0 Å². The van der Waals surface area contributed by atoms with Gasteiger partial charge in [0.1, 0.15) is 0 Å². The maximum Gasteiger partial charge on any atom is 0.224 e. The topological polar surface area (TPSA) is 46.3 Å². The molecule has 0 saturated heterocycles. The number of fused-ring (bicyclic) bond motifs is 1. The molecule has 1 aliphatic heterocycles. The fourth-order valence-corrected chi connectivity index (χ4v) is 3.63. The molecule has 18 heavy (non-hydrogen) atoms. The molecule has 0 aromatic carbocycles. The Hall–Kier alpha value is -0.870. The van der Waals surface area contributed by atoms with Crippen molar-refractivity contribution in [2.75, 3.05) is 6.54 Å². The van der Waals surface area contributed by atoms with E-state index in [9.17, 15) is 4.79 Å². The predicted molar refractivity (Wildman–Crippen MR) is 75.7 cm³/mol. The molecule has 2 atom stereocenters. The number of amides is 1. The summed E-state index contributed by atoms with van der Waals surface area (Å²) in [5, 5.41) is 2.12. The van der Waals surface area contributed by atoms with Gasteiger partial charge in [0.05, 0.1) is 6.04 Å². The molecular weight excluding hydrogens is 244 g/mol. The SMILES string of the molecule is CCCC(N)CC(=O)N1CCc2sccc2C1C. The second-order valence-electron chi connectivity index (χ2n) is 5.07. The van der Waals surface area contributed by atoms with Crippen molar-refractivity contribution in [1.29, 1.82) is 0 Å². The van der Waals surface area contributed by atoms with Crippen molar-refractivity contribution in [2.45, 2.75) is 51.6 Å². The highest BCUT2D eigenvalue weighted by atomic mass is 32.1. The van der Waals surface area contributed by atoms with Crippen LogP contribution in [0.5, 0.6) is 0 Å². The minimum Gasteiger partial charge on any atom is -0.335 e. The van der Waals surface area contributed by atoms with Gasteiger partial charge in [-0.15, -0.1) is 11.3 Å². The first-order chi connectivity index (χ1) is 8.63. The van der Waals surface area contributed by atoms with Gasteiger partial charge in [-0.3, -0.25) is 4.79 Å². The van der Waals surface area contributed by atoms with Crippen molar-refractivity contribution in [3.8, 4) is 0 Å². The smallest absolute Gasteiger partial charge is 0.224 e. The van der Waals surface area contributed by atoms with Crippen LogP contribution in [0.1, 0.15) is 49.6 Å². The molecule has 0 fully saturated rings. The van der Waals surface area contributed by atoms with E-state index in [1.165, 1.54) is 10.4 Å². The first-order valence-electron chi connectivity index (χ1n) is 6.74. The molecule has 0 saturated carbocycles. The van der Waals surface area contributed by atoms with E-state index in [4.69, 9.17) is 5.73 Å². The second-order valence-corrected chi connectivity index (χ2v) is 6.07. The molecule has 0 radical (unpaired) electrons. The number of carbonyl (C=O) groups is 1. The summed E-state index contributed by atoms with van der Waals surface area (Å²) in [6.07, 6.45) is 3.44. The third-order valence-corrected chi connectivity index (χ3v) is 4.69. The van der Waals surface area contributed by atoms with Gasteiger partial charge in [0.15, 0.2) is 0 Å². The van der Waals surface area contributed by atoms with Crippen LogP contribution in [0.3, 0.4) is 0 Å². The van der Waals surface area contributed by atoms with E-state index < -0.39 is 0 Å². The zero-order chi connectivity index (χ0) is 13.1. The monoisotopic (exact) mass is 266 g/mol. The Bertz CT molecular complexity index is 416. The van der Waals surface area contributed by atoms with Crippen LogP contribution >= 0.6 is 11.3 Å². The van der Waals surface area contributed by atoms with Crippen LogP contribution in [0.4, 0.5) is 0 Å². The predicted octanol–water partition coefficient (Wildman–Crippen LogP) is 2.71. The van der Waals surface area contributed by atoms with Crippen molar-refractivity contribution >= 4 is 17.2 Å². The van der Waals surface area contributed by atoms with Crippen LogP contribution in [0.15, 0.2) is 11.4 Å². The standard InChI is InChI=1S/C14H22N2OS/c1-3-4-11(15)9-14(17)16-7-5-13-12(10(16)2)6-8-18-13/h6,8,10-11H,3-5,7,9,15H2,1-2H3. The molecule has 0 bridgehead atoms. The van der Waals surface area contributed by atoms with E-state index in [0.717, 1.165) is 25.8 Å². The van der Waals surface area contributed by atoms with Crippen LogP contribution < -0.4 is 5.73 Å². The number of hydrogen-bond acceptors (Lipinski definition) is 3. The Morgan fingerprint density at radius 2 is 2.44 bits per heavy atom. The lowest BCUT2D eigenvalue weighted by atomic mass is 10.00. The maximum atomic E-state index is 12.3. The van der Waals surface area contributed by atoms with E-state index in [2.05, 4.69) is 25.3 Å². The number of thiophene rings is 1. The number of rotatable bonds is 4. The Kier molecular flexibility index (Phi) is 4.40. The summed E-state index contributed by atoms with van der Waals surface area (Å²) >= 11 is 1.80. The summed E-state index contributed by atoms with van der Waals surface area (Å²) in [5.74, 6) is 0.209. The van der Waals surface area contributed by atoms with Crippen molar-refractivity contribution < 1.29 is 4.79 Å². The lowest BCUT2D eigenvalue weighted by molar-refractivity contribution is -0.134. The molecule has 0 aliphatic carbocycles. The molecule has 3 nitrogen and oxygen atoms in total. The molecule has 4 heteroatoms. The number of nitrogens with zero attached hydrogens (tertiary/aromatic N) is 1. The molecule has 1 aromatic rings. The van der Waals surface area contributed by atoms with Gasteiger partial charge in [0.2, 0.25) is 5.91 Å². The summed E-state index contributed by atoms with van der Waals surface area (Å²) in [6, 6.07) is 2.37. The first kappa shape index (κ1) is 13.6. The van der Waals surface area contributed by atoms with Crippen molar-refractivity contribution in [2.24, 2.45) is 5.73 Å². The van der Waals surface area contributed by atoms with Crippen molar-refractivity contribution in [3.63, 3.8) is 0 Å². The van der Waals surface area contributed by atoms with Crippen LogP contribution in [0.2, 0.25) is 0 Å². The average molecular weight is 266 g/mol. The van der Waals surface area contributed by atoms with E-state index in [1.54, 1.807) is 11.3 Å². The summed E-state index contributed by atoms with van der Waals surface area (Å²) in [4.78, 5) is 15.7. The Morgan fingerprint density at radius 1 is 1.67 bits per heavy atom. The van der Waals surface area contributed by atoms with Gasteiger partial charge in [0, 0.05) is 23.9 Å². The average Bonchev–Trinajstić information content (AvgIpc) is 2.78. The maximum absolute atomic E-state index is 12.3. The molecule has 1 aliphatic rings. The van der Waals surface area contributed by atoms with Gasteiger partial charge in [-0.2, -0.15) is 0 Å². The van der Waals surface area contributed by atoms with Gasteiger partial charge in [-0.25, -0.2) is 0 Å². The van der Waals surface area contributed by atoms with E-state index in [-0.39, 0.29) is 18.0 Å². The number of nitrogens with two attached hydrogens (primary N) is 1. The molecular formula is C14H22N2OS. The largest absolute Gasteiger partial charge is 0.335 e. The second kappa shape index (κ2) is 5.85. The highest BCUT2D eigenvalue weighted by Crippen LogP contribution is 2.33. The zero-order valence-corrected chi connectivity index (χ0v) is 12.0. The normalized spacial score (nSPS) is 20.6. The summed E-state index contributed by atoms with van der Waals surface area (Å²) in [5.41, 5.74) is 7.29. The summed E-state index contributed by atoms with van der Waals surface area (Å²) in [7, 11) is 0. The third-order valence-electron chi connectivity index (χ3n) is 3.69.